The summed E-state index contributed by atoms with van der Waals surface area (Å²) in [5.41, 5.74) is -0.281. The molecule has 0 unspecified atom stereocenters. The first-order chi connectivity index (χ1) is 14.4. The molecule has 31 heavy (non-hydrogen) atoms. The van der Waals surface area contributed by atoms with Crippen molar-refractivity contribution >= 4 is 31.7 Å². The molecule has 2 aromatic carbocycles. The third-order valence-corrected chi connectivity index (χ3v) is 9.71. The summed E-state index contributed by atoms with van der Waals surface area (Å²) < 4.78 is 84.6. The lowest BCUT2D eigenvalue weighted by Gasteiger charge is -2.40. The van der Waals surface area contributed by atoms with E-state index in [2.05, 4.69) is 0 Å². The fourth-order valence-corrected chi connectivity index (χ4v) is 6.78. The maximum atomic E-state index is 14.8. The molecule has 0 amide bonds. The van der Waals surface area contributed by atoms with Crippen LogP contribution >= 0.6 is 11.6 Å². The van der Waals surface area contributed by atoms with Crippen molar-refractivity contribution in [2.75, 3.05) is 14.1 Å². The van der Waals surface area contributed by atoms with E-state index >= 15 is 0 Å². The number of benzene rings is 2. The van der Waals surface area contributed by atoms with Crippen LogP contribution in [0.2, 0.25) is 5.02 Å². The fraction of sp³-hybridized carbons (Fsp3) is 0.400. The van der Waals surface area contributed by atoms with Crippen LogP contribution in [0.5, 0.6) is 0 Å². The molecular formula is C20H22ClF2NO5S2. The second-order valence-corrected chi connectivity index (χ2v) is 12.1. The monoisotopic (exact) mass is 493 g/mol. The number of hydrogen-bond acceptors (Lipinski definition) is 5. The summed E-state index contributed by atoms with van der Waals surface area (Å²) in [5.74, 6) is -1.62. The van der Waals surface area contributed by atoms with Gasteiger partial charge in [-0.05, 0) is 68.1 Å². The molecule has 1 saturated carbocycles. The Balaban J connectivity index is 2.06. The summed E-state index contributed by atoms with van der Waals surface area (Å²) in [6.07, 6.45) is -1.03. The zero-order valence-corrected chi connectivity index (χ0v) is 19.3. The summed E-state index contributed by atoms with van der Waals surface area (Å²) in [6.45, 7) is 0. The van der Waals surface area contributed by atoms with Gasteiger partial charge in [0.1, 0.15) is 16.4 Å². The van der Waals surface area contributed by atoms with Gasteiger partial charge in [0.25, 0.3) is 0 Å². The molecule has 170 valence electrons. The molecule has 0 aliphatic heterocycles. The largest absolute Gasteiger partial charge is 0.338 e. The quantitative estimate of drug-likeness (QED) is 0.606. The molecule has 0 heterocycles. The van der Waals surface area contributed by atoms with E-state index in [-0.39, 0.29) is 36.1 Å². The predicted octanol–water partition coefficient (Wildman–Crippen LogP) is 4.05. The number of rotatable bonds is 6. The van der Waals surface area contributed by atoms with Gasteiger partial charge in [0, 0.05) is 24.7 Å². The van der Waals surface area contributed by atoms with E-state index < -0.39 is 42.6 Å². The third-order valence-electron chi connectivity index (χ3n) is 5.50. The van der Waals surface area contributed by atoms with Gasteiger partial charge in [-0.3, -0.25) is 4.18 Å². The van der Waals surface area contributed by atoms with E-state index in [1.165, 1.54) is 38.4 Å². The summed E-state index contributed by atoms with van der Waals surface area (Å²) in [4.78, 5) is -0.0826. The molecular weight excluding hydrogens is 472 g/mol. The average Bonchev–Trinajstić information content (AvgIpc) is 2.70. The molecule has 11 heteroatoms. The molecule has 0 atom stereocenters. The molecule has 0 spiro atoms. The Morgan fingerprint density at radius 3 is 2.13 bits per heavy atom. The second-order valence-electron chi connectivity index (χ2n) is 7.61. The van der Waals surface area contributed by atoms with Crippen LogP contribution in [0.15, 0.2) is 47.4 Å². The highest BCUT2D eigenvalue weighted by atomic mass is 35.5. The molecule has 0 radical (unpaired) electrons. The zero-order valence-electron chi connectivity index (χ0n) is 16.9. The van der Waals surface area contributed by atoms with Gasteiger partial charge < -0.3 is 0 Å². The Morgan fingerprint density at radius 2 is 1.58 bits per heavy atom. The molecule has 1 aliphatic carbocycles. The molecule has 3 rings (SSSR count). The highest BCUT2D eigenvalue weighted by Gasteiger charge is 2.50. The van der Waals surface area contributed by atoms with Crippen LogP contribution in [0.25, 0.3) is 0 Å². The molecule has 0 N–H and O–H groups in total. The maximum absolute atomic E-state index is 14.8. The van der Waals surface area contributed by atoms with Gasteiger partial charge >= 0.3 is 10.3 Å². The summed E-state index contributed by atoms with van der Waals surface area (Å²) in [5, 5.41) is 0.330. The van der Waals surface area contributed by atoms with Crippen LogP contribution in [0.1, 0.15) is 31.2 Å². The maximum Gasteiger partial charge on any atom is 0.338 e. The fourth-order valence-electron chi connectivity index (χ4n) is 3.78. The minimum atomic E-state index is -4.20. The highest BCUT2D eigenvalue weighted by Crippen LogP contribution is 2.48. The number of sulfone groups is 1. The molecule has 1 fully saturated rings. The van der Waals surface area contributed by atoms with Crippen LogP contribution < -0.4 is 0 Å². The molecule has 0 bridgehead atoms. The van der Waals surface area contributed by atoms with Crippen LogP contribution in [0.3, 0.4) is 0 Å². The van der Waals surface area contributed by atoms with Gasteiger partial charge in [-0.1, -0.05) is 11.6 Å². The van der Waals surface area contributed by atoms with Crippen molar-refractivity contribution in [2.45, 2.75) is 41.4 Å². The summed E-state index contributed by atoms with van der Waals surface area (Å²) >= 11 is 5.87. The predicted molar refractivity (Wildman–Crippen MR) is 113 cm³/mol. The Morgan fingerprint density at radius 1 is 1.00 bits per heavy atom. The second kappa shape index (κ2) is 8.74. The van der Waals surface area contributed by atoms with Crippen molar-refractivity contribution in [1.29, 1.82) is 0 Å². The van der Waals surface area contributed by atoms with Gasteiger partial charge in [0.2, 0.25) is 0 Å². The van der Waals surface area contributed by atoms with Crippen molar-refractivity contribution in [3.05, 3.63) is 64.7 Å². The molecule has 1 aliphatic rings. The first-order valence-corrected chi connectivity index (χ1v) is 12.7. The van der Waals surface area contributed by atoms with Crippen LogP contribution in [0, 0.1) is 11.6 Å². The Kier molecular flexibility index (Phi) is 6.79. The smallest absolute Gasteiger partial charge is 0.255 e. The average molecular weight is 494 g/mol. The highest BCUT2D eigenvalue weighted by molar-refractivity contribution is 7.92. The normalized spacial score (nSPS) is 22.6. The van der Waals surface area contributed by atoms with E-state index in [1.807, 2.05) is 0 Å². The van der Waals surface area contributed by atoms with Crippen molar-refractivity contribution in [1.82, 2.24) is 4.31 Å². The van der Waals surface area contributed by atoms with Gasteiger partial charge in [-0.25, -0.2) is 17.2 Å². The van der Waals surface area contributed by atoms with Gasteiger partial charge in [-0.2, -0.15) is 12.7 Å². The van der Waals surface area contributed by atoms with E-state index in [0.29, 0.717) is 5.02 Å². The zero-order chi connectivity index (χ0) is 23.0. The van der Waals surface area contributed by atoms with Crippen molar-refractivity contribution in [3.8, 4) is 0 Å². The van der Waals surface area contributed by atoms with Crippen LogP contribution in [0.4, 0.5) is 8.78 Å². The topological polar surface area (TPSA) is 80.8 Å². The van der Waals surface area contributed by atoms with Crippen LogP contribution in [-0.4, -0.2) is 41.3 Å². The van der Waals surface area contributed by atoms with Crippen LogP contribution in [-0.2, 0) is 29.1 Å². The number of hydrogen-bond donors (Lipinski definition) is 0. The van der Waals surface area contributed by atoms with Gasteiger partial charge in [0.05, 0.1) is 11.0 Å². The molecule has 0 saturated heterocycles. The van der Waals surface area contributed by atoms with E-state index in [9.17, 15) is 25.6 Å². The lowest BCUT2D eigenvalue weighted by atomic mass is 9.81. The Labute approximate surface area is 186 Å². The first-order valence-electron chi connectivity index (χ1n) is 9.45. The van der Waals surface area contributed by atoms with Crippen molar-refractivity contribution in [2.24, 2.45) is 0 Å². The lowest BCUT2D eigenvalue weighted by molar-refractivity contribution is 0.133. The molecule has 0 aromatic heterocycles. The lowest BCUT2D eigenvalue weighted by Crippen LogP contribution is -2.43. The minimum absolute atomic E-state index is 0.0237. The molecule has 2 aromatic rings. The van der Waals surface area contributed by atoms with E-state index in [1.54, 1.807) is 0 Å². The summed E-state index contributed by atoms with van der Waals surface area (Å²) in [7, 11) is -5.54. The van der Waals surface area contributed by atoms with E-state index in [4.69, 9.17) is 15.8 Å². The Hall–Kier alpha value is -1.59. The third kappa shape index (κ3) is 4.63. The SMILES string of the molecule is CN(C)S(=O)(=O)OC1CCC(c2cc(F)ccc2F)(S(=O)(=O)c2ccc(Cl)cc2)CC1. The minimum Gasteiger partial charge on any atom is -0.255 e. The first kappa shape index (κ1) is 24.1. The van der Waals surface area contributed by atoms with Gasteiger partial charge in [0.15, 0.2) is 9.84 Å². The number of halogens is 3. The summed E-state index contributed by atoms with van der Waals surface area (Å²) in [6, 6.07) is 8.14. The Bertz CT molecular complexity index is 1160. The van der Waals surface area contributed by atoms with Crippen molar-refractivity contribution < 1.29 is 29.8 Å². The molecule has 6 nitrogen and oxygen atoms in total. The van der Waals surface area contributed by atoms with Gasteiger partial charge in [-0.15, -0.1) is 0 Å². The van der Waals surface area contributed by atoms with E-state index in [0.717, 1.165) is 22.5 Å². The van der Waals surface area contributed by atoms with Crippen molar-refractivity contribution in [3.63, 3.8) is 0 Å². The number of nitrogens with zero attached hydrogens (tertiary/aromatic N) is 1. The standard InChI is InChI=1S/C20H22ClF2NO5S2/c1-24(2)31(27,28)29-16-9-11-20(12-10-16,18-13-15(22)5-8-19(18)23)30(25,26)17-6-3-14(21)4-7-17/h3-8,13,16H,9-12H2,1-2H3.